The van der Waals surface area contributed by atoms with E-state index in [2.05, 4.69) is 28.0 Å². The maximum Gasteiger partial charge on any atom is 0.203 e. The predicted octanol–water partition coefficient (Wildman–Crippen LogP) is 4.38. The standard InChI is InChI=1S/C16H27N3/c1-2-13-6-5-9-15(12-13)19-11-10-17-16(19)18-14-7-3-4-8-14/h10-11,13-15H,2-9,12H2,1H3,(H,17,18). The Morgan fingerprint density at radius 1 is 1.21 bits per heavy atom. The van der Waals surface area contributed by atoms with E-state index >= 15 is 0 Å². The van der Waals surface area contributed by atoms with Gasteiger partial charge in [0.15, 0.2) is 0 Å². The number of nitrogens with one attached hydrogen (secondary N) is 1. The Hall–Kier alpha value is -0.990. The molecule has 1 aromatic heterocycles. The number of nitrogens with zero attached hydrogens (tertiary/aromatic N) is 2. The van der Waals surface area contributed by atoms with Crippen molar-refractivity contribution in [3.63, 3.8) is 0 Å². The molecule has 1 N–H and O–H groups in total. The van der Waals surface area contributed by atoms with Crippen LogP contribution in [0.4, 0.5) is 5.95 Å². The van der Waals surface area contributed by atoms with Crippen LogP contribution >= 0.6 is 0 Å². The first-order chi connectivity index (χ1) is 9.36. The number of aromatic nitrogens is 2. The van der Waals surface area contributed by atoms with Gasteiger partial charge < -0.3 is 9.88 Å². The lowest BCUT2D eigenvalue weighted by Crippen LogP contribution is -2.23. The molecule has 0 aliphatic heterocycles. The van der Waals surface area contributed by atoms with Crippen molar-refractivity contribution < 1.29 is 0 Å². The highest BCUT2D eigenvalue weighted by atomic mass is 15.2. The molecule has 3 rings (SSSR count). The molecule has 0 bridgehead atoms. The smallest absolute Gasteiger partial charge is 0.203 e. The molecule has 2 atom stereocenters. The van der Waals surface area contributed by atoms with Gasteiger partial charge in [-0.3, -0.25) is 0 Å². The van der Waals surface area contributed by atoms with Crippen molar-refractivity contribution in [2.75, 3.05) is 5.32 Å². The Balaban J connectivity index is 1.68. The quantitative estimate of drug-likeness (QED) is 0.871. The highest BCUT2D eigenvalue weighted by Crippen LogP contribution is 2.35. The van der Waals surface area contributed by atoms with Crippen LogP contribution in [0.5, 0.6) is 0 Å². The van der Waals surface area contributed by atoms with E-state index in [1.165, 1.54) is 57.8 Å². The molecule has 3 heteroatoms. The van der Waals surface area contributed by atoms with Gasteiger partial charge in [0.1, 0.15) is 0 Å². The zero-order valence-electron chi connectivity index (χ0n) is 12.1. The Kier molecular flexibility index (Phi) is 4.09. The van der Waals surface area contributed by atoms with Gasteiger partial charge in [-0.05, 0) is 31.6 Å². The summed E-state index contributed by atoms with van der Waals surface area (Å²) in [4.78, 5) is 4.56. The van der Waals surface area contributed by atoms with Crippen LogP contribution in [0.1, 0.15) is 70.8 Å². The first-order valence-corrected chi connectivity index (χ1v) is 8.16. The molecule has 1 aromatic rings. The molecule has 19 heavy (non-hydrogen) atoms. The summed E-state index contributed by atoms with van der Waals surface area (Å²) in [6.45, 7) is 2.33. The molecule has 0 saturated heterocycles. The van der Waals surface area contributed by atoms with E-state index in [-0.39, 0.29) is 0 Å². The van der Waals surface area contributed by atoms with E-state index in [4.69, 9.17) is 0 Å². The fourth-order valence-electron chi connectivity index (χ4n) is 3.86. The lowest BCUT2D eigenvalue weighted by Gasteiger charge is -2.30. The molecule has 0 aromatic carbocycles. The van der Waals surface area contributed by atoms with Gasteiger partial charge in [0, 0.05) is 24.5 Å². The van der Waals surface area contributed by atoms with Gasteiger partial charge in [-0.25, -0.2) is 4.98 Å². The lowest BCUT2D eigenvalue weighted by atomic mass is 9.84. The average molecular weight is 261 g/mol. The molecule has 2 fully saturated rings. The molecule has 2 aliphatic carbocycles. The van der Waals surface area contributed by atoms with Crippen LogP contribution in [-0.2, 0) is 0 Å². The first-order valence-electron chi connectivity index (χ1n) is 8.16. The third-order valence-electron chi connectivity index (χ3n) is 5.08. The average Bonchev–Trinajstić information content (AvgIpc) is 3.11. The highest BCUT2D eigenvalue weighted by molar-refractivity contribution is 5.29. The molecule has 106 valence electrons. The second-order valence-corrected chi connectivity index (χ2v) is 6.38. The summed E-state index contributed by atoms with van der Waals surface area (Å²) in [5, 5.41) is 3.67. The van der Waals surface area contributed by atoms with Crippen LogP contribution < -0.4 is 5.32 Å². The van der Waals surface area contributed by atoms with Crippen molar-refractivity contribution >= 4 is 5.95 Å². The van der Waals surface area contributed by atoms with Crippen molar-refractivity contribution in [2.24, 2.45) is 5.92 Å². The van der Waals surface area contributed by atoms with Gasteiger partial charge in [0.2, 0.25) is 5.95 Å². The zero-order valence-corrected chi connectivity index (χ0v) is 12.1. The minimum Gasteiger partial charge on any atom is -0.353 e. The van der Waals surface area contributed by atoms with Crippen LogP contribution in [0.25, 0.3) is 0 Å². The van der Waals surface area contributed by atoms with Crippen LogP contribution in [0.3, 0.4) is 0 Å². The summed E-state index contributed by atoms with van der Waals surface area (Å²) in [5.74, 6) is 2.04. The summed E-state index contributed by atoms with van der Waals surface area (Å²) >= 11 is 0. The Bertz CT molecular complexity index is 392. The molecule has 0 amide bonds. The van der Waals surface area contributed by atoms with Gasteiger partial charge in [0.25, 0.3) is 0 Å². The van der Waals surface area contributed by atoms with E-state index in [1.807, 2.05) is 6.20 Å². The van der Waals surface area contributed by atoms with Gasteiger partial charge in [-0.15, -0.1) is 0 Å². The van der Waals surface area contributed by atoms with Crippen molar-refractivity contribution in [3.05, 3.63) is 12.4 Å². The van der Waals surface area contributed by atoms with Crippen molar-refractivity contribution in [2.45, 2.75) is 76.8 Å². The van der Waals surface area contributed by atoms with Crippen molar-refractivity contribution in [3.8, 4) is 0 Å². The predicted molar refractivity (Wildman–Crippen MR) is 79.4 cm³/mol. The third-order valence-corrected chi connectivity index (χ3v) is 5.08. The zero-order chi connectivity index (χ0) is 13.1. The van der Waals surface area contributed by atoms with Crippen molar-refractivity contribution in [1.82, 2.24) is 9.55 Å². The normalized spacial score (nSPS) is 28.7. The monoisotopic (exact) mass is 261 g/mol. The van der Waals surface area contributed by atoms with E-state index in [9.17, 15) is 0 Å². The summed E-state index contributed by atoms with van der Waals surface area (Å²) in [5.41, 5.74) is 0. The number of hydrogen-bond donors (Lipinski definition) is 1. The molecule has 1 heterocycles. The largest absolute Gasteiger partial charge is 0.353 e. The van der Waals surface area contributed by atoms with E-state index in [0.717, 1.165) is 11.9 Å². The number of imidazole rings is 1. The molecule has 0 spiro atoms. The summed E-state index contributed by atoms with van der Waals surface area (Å²) in [6, 6.07) is 1.33. The van der Waals surface area contributed by atoms with E-state index in [1.54, 1.807) is 0 Å². The Morgan fingerprint density at radius 3 is 2.84 bits per heavy atom. The molecular weight excluding hydrogens is 234 g/mol. The van der Waals surface area contributed by atoms with E-state index < -0.39 is 0 Å². The Morgan fingerprint density at radius 2 is 2.05 bits per heavy atom. The fourth-order valence-corrected chi connectivity index (χ4v) is 3.86. The minimum absolute atomic E-state index is 0.659. The van der Waals surface area contributed by atoms with Gasteiger partial charge in [-0.2, -0.15) is 0 Å². The molecular formula is C16H27N3. The number of rotatable bonds is 4. The van der Waals surface area contributed by atoms with Crippen LogP contribution in [-0.4, -0.2) is 15.6 Å². The number of anilines is 1. The summed E-state index contributed by atoms with van der Waals surface area (Å²) in [7, 11) is 0. The SMILES string of the molecule is CCC1CCCC(n2ccnc2NC2CCCC2)C1. The highest BCUT2D eigenvalue weighted by Gasteiger charge is 2.24. The molecule has 2 saturated carbocycles. The van der Waals surface area contributed by atoms with Crippen LogP contribution in [0, 0.1) is 5.92 Å². The van der Waals surface area contributed by atoms with E-state index in [0.29, 0.717) is 12.1 Å². The van der Waals surface area contributed by atoms with Gasteiger partial charge in [-0.1, -0.05) is 39.0 Å². The topological polar surface area (TPSA) is 29.9 Å². The minimum atomic E-state index is 0.659. The second-order valence-electron chi connectivity index (χ2n) is 6.38. The summed E-state index contributed by atoms with van der Waals surface area (Å²) < 4.78 is 2.42. The second kappa shape index (κ2) is 5.98. The summed E-state index contributed by atoms with van der Waals surface area (Å²) in [6.07, 6.45) is 16.3. The van der Waals surface area contributed by atoms with Crippen molar-refractivity contribution in [1.29, 1.82) is 0 Å². The third kappa shape index (κ3) is 2.96. The molecule has 0 radical (unpaired) electrons. The first kappa shape index (κ1) is 13.0. The lowest BCUT2D eigenvalue weighted by molar-refractivity contribution is 0.262. The van der Waals surface area contributed by atoms with Gasteiger partial charge >= 0.3 is 0 Å². The maximum atomic E-state index is 4.56. The van der Waals surface area contributed by atoms with Crippen LogP contribution in [0.15, 0.2) is 12.4 Å². The van der Waals surface area contributed by atoms with Crippen LogP contribution in [0.2, 0.25) is 0 Å². The molecule has 2 unspecified atom stereocenters. The molecule has 2 aliphatic rings. The van der Waals surface area contributed by atoms with Gasteiger partial charge in [0.05, 0.1) is 0 Å². The number of hydrogen-bond acceptors (Lipinski definition) is 2. The molecule has 3 nitrogen and oxygen atoms in total. The maximum absolute atomic E-state index is 4.56. The fraction of sp³-hybridized carbons (Fsp3) is 0.812. The Labute approximate surface area is 116 Å².